The minimum Gasteiger partial charge on any atom is -0.378 e. The van der Waals surface area contributed by atoms with Gasteiger partial charge in [0, 0.05) is 12.6 Å². The van der Waals surface area contributed by atoms with Gasteiger partial charge in [-0.05, 0) is 56.3 Å². The van der Waals surface area contributed by atoms with Crippen molar-refractivity contribution in [1.82, 2.24) is 5.32 Å². The first-order valence-corrected chi connectivity index (χ1v) is 8.23. The lowest BCUT2D eigenvalue weighted by Crippen LogP contribution is -2.32. The zero-order chi connectivity index (χ0) is 14.4. The van der Waals surface area contributed by atoms with E-state index in [4.69, 9.17) is 27.9 Å². The average molecular weight is 316 g/mol. The molecule has 1 aliphatic rings. The smallest absolute Gasteiger partial charge is 0.0595 e. The molecule has 1 aromatic rings. The molecule has 1 N–H and O–H groups in total. The molecule has 2 atom stereocenters. The minimum absolute atomic E-state index is 0.463. The first-order chi connectivity index (χ1) is 9.69. The van der Waals surface area contributed by atoms with E-state index in [1.165, 1.54) is 18.4 Å². The average Bonchev–Trinajstić information content (AvgIpc) is 2.94. The summed E-state index contributed by atoms with van der Waals surface area (Å²) in [4.78, 5) is 0. The highest BCUT2D eigenvalue weighted by atomic mass is 35.5. The Morgan fingerprint density at radius 1 is 1.35 bits per heavy atom. The van der Waals surface area contributed by atoms with Crippen molar-refractivity contribution in [1.29, 1.82) is 0 Å². The van der Waals surface area contributed by atoms with Crippen LogP contribution in [0.1, 0.15) is 38.2 Å². The third kappa shape index (κ3) is 4.92. The van der Waals surface area contributed by atoms with Gasteiger partial charge in [0.15, 0.2) is 0 Å². The number of hydrogen-bond donors (Lipinski definition) is 1. The number of hydrogen-bond acceptors (Lipinski definition) is 2. The molecule has 1 aromatic carbocycles. The molecule has 20 heavy (non-hydrogen) atoms. The van der Waals surface area contributed by atoms with E-state index in [0.717, 1.165) is 32.4 Å². The Labute approximate surface area is 131 Å². The second kappa shape index (κ2) is 8.23. The molecule has 0 saturated carbocycles. The Kier molecular flexibility index (Phi) is 6.63. The van der Waals surface area contributed by atoms with Crippen LogP contribution < -0.4 is 5.32 Å². The lowest BCUT2D eigenvalue weighted by Gasteiger charge is -2.20. The van der Waals surface area contributed by atoms with Crippen LogP contribution in [0, 0.1) is 0 Å². The summed E-state index contributed by atoms with van der Waals surface area (Å²) in [7, 11) is 0. The zero-order valence-electron chi connectivity index (χ0n) is 12.0. The van der Waals surface area contributed by atoms with Crippen LogP contribution in [-0.2, 0) is 11.2 Å². The van der Waals surface area contributed by atoms with E-state index in [-0.39, 0.29) is 0 Å². The molecule has 2 rings (SSSR count). The Morgan fingerprint density at radius 2 is 2.20 bits per heavy atom. The third-order valence-electron chi connectivity index (χ3n) is 3.82. The van der Waals surface area contributed by atoms with Gasteiger partial charge in [-0.3, -0.25) is 0 Å². The van der Waals surface area contributed by atoms with Gasteiger partial charge in [-0.25, -0.2) is 0 Å². The predicted molar refractivity (Wildman–Crippen MR) is 85.8 cm³/mol. The molecule has 0 aromatic heterocycles. The van der Waals surface area contributed by atoms with Crippen LogP contribution in [0.5, 0.6) is 0 Å². The summed E-state index contributed by atoms with van der Waals surface area (Å²) >= 11 is 12.0. The lowest BCUT2D eigenvalue weighted by molar-refractivity contribution is 0.0996. The Balaban J connectivity index is 1.88. The van der Waals surface area contributed by atoms with Crippen molar-refractivity contribution in [3.8, 4) is 0 Å². The van der Waals surface area contributed by atoms with E-state index in [1.807, 2.05) is 12.1 Å². The topological polar surface area (TPSA) is 21.3 Å². The number of benzene rings is 1. The maximum absolute atomic E-state index is 6.08. The monoisotopic (exact) mass is 315 g/mol. The Hall–Kier alpha value is -0.280. The van der Waals surface area contributed by atoms with Gasteiger partial charge < -0.3 is 10.1 Å². The standard InChI is InChI=1S/C16H23Cl2NO/c1-2-19-13(6-7-14-4-3-9-20-14)10-12-5-8-15(17)16(18)11-12/h5,8,11,13-14,19H,2-4,6-7,9-10H2,1H3. The van der Waals surface area contributed by atoms with Gasteiger partial charge in [0.05, 0.1) is 16.1 Å². The van der Waals surface area contributed by atoms with Gasteiger partial charge in [0.1, 0.15) is 0 Å². The molecule has 0 bridgehead atoms. The van der Waals surface area contributed by atoms with Gasteiger partial charge in [0.25, 0.3) is 0 Å². The van der Waals surface area contributed by atoms with Crippen molar-refractivity contribution in [2.75, 3.05) is 13.2 Å². The number of ether oxygens (including phenoxy) is 1. The molecule has 1 aliphatic heterocycles. The summed E-state index contributed by atoms with van der Waals surface area (Å²) in [5.74, 6) is 0. The number of likely N-dealkylation sites (N-methyl/N-ethyl adjacent to an activating group) is 1. The zero-order valence-corrected chi connectivity index (χ0v) is 13.5. The van der Waals surface area contributed by atoms with Crippen LogP contribution in [0.15, 0.2) is 18.2 Å². The van der Waals surface area contributed by atoms with Crippen molar-refractivity contribution in [2.24, 2.45) is 0 Å². The van der Waals surface area contributed by atoms with Crippen LogP contribution in [0.4, 0.5) is 0 Å². The van der Waals surface area contributed by atoms with Gasteiger partial charge in [0.2, 0.25) is 0 Å². The van der Waals surface area contributed by atoms with Gasteiger partial charge in [-0.1, -0.05) is 36.2 Å². The van der Waals surface area contributed by atoms with Crippen molar-refractivity contribution in [2.45, 2.75) is 51.2 Å². The normalized spacial score (nSPS) is 20.2. The minimum atomic E-state index is 0.463. The fourth-order valence-electron chi connectivity index (χ4n) is 2.78. The third-order valence-corrected chi connectivity index (χ3v) is 4.56. The second-order valence-electron chi connectivity index (χ2n) is 5.42. The molecule has 1 saturated heterocycles. The molecular weight excluding hydrogens is 293 g/mol. The highest BCUT2D eigenvalue weighted by Crippen LogP contribution is 2.24. The Bertz CT molecular complexity index is 419. The van der Waals surface area contributed by atoms with E-state index in [2.05, 4.69) is 18.3 Å². The molecule has 1 fully saturated rings. The van der Waals surface area contributed by atoms with Gasteiger partial charge in [-0.15, -0.1) is 0 Å². The first-order valence-electron chi connectivity index (χ1n) is 7.48. The Morgan fingerprint density at radius 3 is 2.85 bits per heavy atom. The second-order valence-corrected chi connectivity index (χ2v) is 6.23. The molecule has 0 aliphatic carbocycles. The lowest BCUT2D eigenvalue weighted by atomic mass is 9.99. The molecule has 2 unspecified atom stereocenters. The van der Waals surface area contributed by atoms with E-state index < -0.39 is 0 Å². The number of nitrogens with one attached hydrogen (secondary N) is 1. The van der Waals surface area contributed by atoms with Gasteiger partial charge in [-0.2, -0.15) is 0 Å². The molecule has 1 heterocycles. The summed E-state index contributed by atoms with van der Waals surface area (Å²) in [6.45, 7) is 4.06. The summed E-state index contributed by atoms with van der Waals surface area (Å²) in [6, 6.07) is 6.38. The molecule has 2 nitrogen and oxygen atoms in total. The van der Waals surface area contributed by atoms with Crippen molar-refractivity contribution >= 4 is 23.2 Å². The van der Waals surface area contributed by atoms with Crippen LogP contribution >= 0.6 is 23.2 Å². The highest BCUT2D eigenvalue weighted by molar-refractivity contribution is 6.42. The molecular formula is C16H23Cl2NO. The summed E-state index contributed by atoms with van der Waals surface area (Å²) in [5, 5.41) is 4.82. The van der Waals surface area contributed by atoms with Crippen molar-refractivity contribution in [3.05, 3.63) is 33.8 Å². The largest absolute Gasteiger partial charge is 0.378 e. The molecule has 112 valence electrons. The maximum atomic E-state index is 6.08. The quantitative estimate of drug-likeness (QED) is 0.801. The van der Waals surface area contributed by atoms with E-state index in [0.29, 0.717) is 22.2 Å². The molecule has 0 amide bonds. The molecule has 0 spiro atoms. The highest BCUT2D eigenvalue weighted by Gasteiger charge is 2.18. The van der Waals surface area contributed by atoms with Crippen LogP contribution in [0.3, 0.4) is 0 Å². The van der Waals surface area contributed by atoms with Crippen LogP contribution in [0.2, 0.25) is 10.0 Å². The fourth-order valence-corrected chi connectivity index (χ4v) is 3.10. The van der Waals surface area contributed by atoms with E-state index in [1.54, 1.807) is 0 Å². The van der Waals surface area contributed by atoms with E-state index >= 15 is 0 Å². The SMILES string of the molecule is CCNC(CCC1CCCO1)Cc1ccc(Cl)c(Cl)c1. The summed E-state index contributed by atoms with van der Waals surface area (Å²) in [5.41, 5.74) is 1.23. The number of halogens is 2. The summed E-state index contributed by atoms with van der Waals surface area (Å²) < 4.78 is 5.70. The van der Waals surface area contributed by atoms with Crippen molar-refractivity contribution < 1.29 is 4.74 Å². The van der Waals surface area contributed by atoms with E-state index in [9.17, 15) is 0 Å². The van der Waals surface area contributed by atoms with Gasteiger partial charge >= 0.3 is 0 Å². The number of rotatable bonds is 7. The molecule has 4 heteroatoms. The summed E-state index contributed by atoms with van der Waals surface area (Å²) in [6.07, 6.45) is 6.15. The first kappa shape index (κ1) is 16.1. The predicted octanol–water partition coefficient (Wildman–Crippen LogP) is 4.47. The fraction of sp³-hybridized carbons (Fsp3) is 0.625. The maximum Gasteiger partial charge on any atom is 0.0595 e. The van der Waals surface area contributed by atoms with Crippen LogP contribution in [-0.4, -0.2) is 25.3 Å². The molecule has 0 radical (unpaired) electrons. The van der Waals surface area contributed by atoms with Crippen molar-refractivity contribution in [3.63, 3.8) is 0 Å². The van der Waals surface area contributed by atoms with Crippen LogP contribution in [0.25, 0.3) is 0 Å².